The van der Waals surface area contributed by atoms with E-state index in [4.69, 9.17) is 0 Å². The lowest BCUT2D eigenvalue weighted by atomic mass is 10.1. The van der Waals surface area contributed by atoms with E-state index in [-0.39, 0.29) is 11.7 Å². The number of likely N-dealkylation sites (tertiary alicyclic amines) is 1. The van der Waals surface area contributed by atoms with Gasteiger partial charge in [0.2, 0.25) is 0 Å². The Labute approximate surface area is 142 Å². The van der Waals surface area contributed by atoms with Gasteiger partial charge < -0.3 is 10.2 Å². The number of urea groups is 1. The summed E-state index contributed by atoms with van der Waals surface area (Å²) >= 11 is 0. The van der Waals surface area contributed by atoms with E-state index in [1.165, 1.54) is 6.07 Å². The number of hydrogen-bond acceptors (Lipinski definition) is 4. The van der Waals surface area contributed by atoms with Gasteiger partial charge in [-0.3, -0.25) is 15.0 Å². The van der Waals surface area contributed by atoms with E-state index in [0.29, 0.717) is 30.4 Å². The Bertz CT molecular complexity index is 629. The quantitative estimate of drug-likeness (QED) is 0.662. The zero-order valence-corrected chi connectivity index (χ0v) is 14.8. The summed E-state index contributed by atoms with van der Waals surface area (Å²) in [6.07, 6.45) is 0.960. The first-order chi connectivity index (χ1) is 11.4. The number of likely N-dealkylation sites (N-methyl/N-ethyl adjacent to an activating group) is 1. The summed E-state index contributed by atoms with van der Waals surface area (Å²) in [6.45, 7) is 11.1. The first-order valence-electron chi connectivity index (χ1n) is 8.43. The van der Waals surface area contributed by atoms with Gasteiger partial charge in [-0.15, -0.1) is 0 Å². The van der Waals surface area contributed by atoms with Crippen molar-refractivity contribution in [2.24, 2.45) is 0 Å². The molecule has 7 nitrogen and oxygen atoms in total. The van der Waals surface area contributed by atoms with Gasteiger partial charge >= 0.3 is 6.03 Å². The molecule has 0 bridgehead atoms. The molecule has 1 N–H and O–H groups in total. The number of nitro groups is 1. The van der Waals surface area contributed by atoms with Gasteiger partial charge in [-0.25, -0.2) is 4.79 Å². The average molecular weight is 334 g/mol. The van der Waals surface area contributed by atoms with Crippen LogP contribution in [0.4, 0.5) is 16.2 Å². The highest BCUT2D eigenvalue weighted by Crippen LogP contribution is 2.27. The van der Waals surface area contributed by atoms with Crippen molar-refractivity contribution in [1.29, 1.82) is 0 Å². The first-order valence-corrected chi connectivity index (χ1v) is 8.43. The third-order valence-electron chi connectivity index (χ3n) is 4.76. The number of rotatable bonds is 5. The van der Waals surface area contributed by atoms with Crippen LogP contribution in [0.3, 0.4) is 0 Å². The van der Waals surface area contributed by atoms with E-state index in [1.807, 2.05) is 6.92 Å². The van der Waals surface area contributed by atoms with Crippen LogP contribution >= 0.6 is 0 Å². The number of anilines is 1. The van der Waals surface area contributed by atoms with Gasteiger partial charge in [0.25, 0.3) is 5.69 Å². The van der Waals surface area contributed by atoms with Crippen molar-refractivity contribution < 1.29 is 9.72 Å². The van der Waals surface area contributed by atoms with Crippen LogP contribution in [0.1, 0.15) is 31.4 Å². The second-order valence-electron chi connectivity index (χ2n) is 6.25. The molecule has 0 radical (unpaired) electrons. The van der Waals surface area contributed by atoms with Crippen molar-refractivity contribution in [3.63, 3.8) is 0 Å². The second kappa shape index (κ2) is 7.61. The molecule has 1 aromatic rings. The van der Waals surface area contributed by atoms with Crippen LogP contribution in [0.25, 0.3) is 0 Å². The molecule has 0 aromatic heterocycles. The number of hydrogen-bond donors (Lipinski definition) is 1. The van der Waals surface area contributed by atoms with Crippen molar-refractivity contribution in [2.75, 3.05) is 31.5 Å². The summed E-state index contributed by atoms with van der Waals surface area (Å²) < 4.78 is 0. The van der Waals surface area contributed by atoms with E-state index in [2.05, 4.69) is 24.1 Å². The highest BCUT2D eigenvalue weighted by atomic mass is 16.6. The molecule has 1 atom stereocenters. The molecule has 1 aliphatic heterocycles. The van der Waals surface area contributed by atoms with Gasteiger partial charge in [-0.2, -0.15) is 0 Å². The minimum Gasteiger partial charge on any atom is -0.323 e. The van der Waals surface area contributed by atoms with Crippen LogP contribution in [-0.2, 0) is 0 Å². The molecule has 2 amide bonds. The molecule has 0 spiro atoms. The maximum atomic E-state index is 12.5. The predicted octanol–water partition coefficient (Wildman–Crippen LogP) is 3.16. The van der Waals surface area contributed by atoms with Gasteiger partial charge in [0.1, 0.15) is 0 Å². The fourth-order valence-electron chi connectivity index (χ4n) is 3.33. The zero-order valence-electron chi connectivity index (χ0n) is 14.8. The zero-order chi connectivity index (χ0) is 17.9. The van der Waals surface area contributed by atoms with Crippen LogP contribution in [-0.4, -0.2) is 53.0 Å². The van der Waals surface area contributed by atoms with Gasteiger partial charge in [0, 0.05) is 30.8 Å². The summed E-state index contributed by atoms with van der Waals surface area (Å²) in [7, 11) is 0. The Morgan fingerprint density at radius 1 is 1.33 bits per heavy atom. The van der Waals surface area contributed by atoms with E-state index in [9.17, 15) is 14.9 Å². The summed E-state index contributed by atoms with van der Waals surface area (Å²) in [4.78, 5) is 27.3. The number of amides is 2. The summed E-state index contributed by atoms with van der Waals surface area (Å²) in [5.41, 5.74) is 1.95. The molecular formula is C17H26N4O3. The summed E-state index contributed by atoms with van der Waals surface area (Å²) in [6, 6.07) is 3.38. The van der Waals surface area contributed by atoms with Gasteiger partial charge in [0.05, 0.1) is 10.6 Å². The van der Waals surface area contributed by atoms with E-state index < -0.39 is 4.92 Å². The average Bonchev–Trinajstić information content (AvgIpc) is 3.00. The van der Waals surface area contributed by atoms with Crippen molar-refractivity contribution in [3.05, 3.63) is 33.4 Å². The minimum absolute atomic E-state index is 0.0262. The first kappa shape index (κ1) is 18.2. The number of carbonyl (C=O) groups excluding carboxylic acids is 1. The molecule has 1 heterocycles. The molecule has 1 aromatic carbocycles. The maximum absolute atomic E-state index is 12.5. The van der Waals surface area contributed by atoms with Crippen LogP contribution in [0.2, 0.25) is 0 Å². The Balaban J connectivity index is 2.08. The molecule has 24 heavy (non-hydrogen) atoms. The number of carbonyl (C=O) groups is 1. The van der Waals surface area contributed by atoms with Crippen LogP contribution in [0.5, 0.6) is 0 Å². The number of nitrogens with zero attached hydrogens (tertiary/aromatic N) is 3. The fraction of sp³-hybridized carbons (Fsp3) is 0.588. The third kappa shape index (κ3) is 3.84. The Kier molecular flexibility index (Phi) is 5.77. The van der Waals surface area contributed by atoms with Crippen molar-refractivity contribution in [1.82, 2.24) is 9.80 Å². The normalized spacial score (nSPS) is 17.4. The minimum atomic E-state index is -0.420. The topological polar surface area (TPSA) is 78.7 Å². The SMILES string of the molecule is CCN(CC)[C@H]1CCN(C(=O)Nc2cc([N+](=O)[O-])c(C)cc2C)C1. The van der Waals surface area contributed by atoms with Crippen molar-refractivity contribution in [2.45, 2.75) is 40.2 Å². The molecule has 0 aliphatic carbocycles. The van der Waals surface area contributed by atoms with Gasteiger partial charge in [0.15, 0.2) is 0 Å². The molecule has 2 rings (SSSR count). The van der Waals surface area contributed by atoms with Gasteiger partial charge in [-0.05, 0) is 45.0 Å². The lowest BCUT2D eigenvalue weighted by Crippen LogP contribution is -2.39. The molecule has 1 aliphatic rings. The lowest BCUT2D eigenvalue weighted by molar-refractivity contribution is -0.385. The third-order valence-corrected chi connectivity index (χ3v) is 4.76. The molecule has 0 saturated carbocycles. The Morgan fingerprint density at radius 2 is 2.00 bits per heavy atom. The van der Waals surface area contributed by atoms with Crippen molar-refractivity contribution in [3.8, 4) is 0 Å². The van der Waals surface area contributed by atoms with Crippen molar-refractivity contribution >= 4 is 17.4 Å². The smallest absolute Gasteiger partial charge is 0.321 e. The number of nitro benzene ring substituents is 1. The standard InChI is InChI=1S/C17H26N4O3/c1-5-19(6-2)14-7-8-20(11-14)17(22)18-15-10-16(21(23)24)13(4)9-12(15)3/h9-10,14H,5-8,11H2,1-4H3,(H,18,22)/t14-/m0/s1. The summed E-state index contributed by atoms with van der Waals surface area (Å²) in [5.74, 6) is 0. The molecule has 132 valence electrons. The van der Waals surface area contributed by atoms with Crippen LogP contribution in [0.15, 0.2) is 12.1 Å². The highest BCUT2D eigenvalue weighted by Gasteiger charge is 2.29. The van der Waals surface area contributed by atoms with E-state index in [1.54, 1.807) is 17.9 Å². The Morgan fingerprint density at radius 3 is 2.58 bits per heavy atom. The number of benzene rings is 1. The second-order valence-corrected chi connectivity index (χ2v) is 6.25. The van der Waals surface area contributed by atoms with Crippen LogP contribution in [0, 0.1) is 24.0 Å². The summed E-state index contributed by atoms with van der Waals surface area (Å²) in [5, 5.41) is 13.9. The van der Waals surface area contributed by atoms with E-state index >= 15 is 0 Å². The van der Waals surface area contributed by atoms with Gasteiger partial charge in [-0.1, -0.05) is 13.8 Å². The van der Waals surface area contributed by atoms with Crippen LogP contribution < -0.4 is 5.32 Å². The number of aryl methyl sites for hydroxylation is 2. The monoisotopic (exact) mass is 334 g/mol. The van der Waals surface area contributed by atoms with E-state index in [0.717, 1.165) is 25.1 Å². The molecule has 1 saturated heterocycles. The maximum Gasteiger partial charge on any atom is 0.321 e. The fourth-order valence-corrected chi connectivity index (χ4v) is 3.33. The largest absolute Gasteiger partial charge is 0.323 e. The number of nitrogens with one attached hydrogen (secondary N) is 1. The molecule has 1 fully saturated rings. The molecule has 0 unspecified atom stereocenters. The lowest BCUT2D eigenvalue weighted by Gasteiger charge is -2.26. The molecular weight excluding hydrogens is 308 g/mol. The molecule has 7 heteroatoms. The highest BCUT2D eigenvalue weighted by molar-refractivity contribution is 5.91. The Hall–Kier alpha value is -2.15. The predicted molar refractivity (Wildman–Crippen MR) is 94.5 cm³/mol.